The Kier molecular flexibility index (Phi) is 7.98. The number of hydrogen-bond donors (Lipinski definition) is 3. The molecule has 0 aliphatic rings. The number of aliphatic hydroxyl groups is 1. The summed E-state index contributed by atoms with van der Waals surface area (Å²) in [5, 5.41) is 12.1. The number of alkyl halides is 3. The van der Waals surface area contributed by atoms with Gasteiger partial charge in [-0.15, -0.1) is 0 Å². The summed E-state index contributed by atoms with van der Waals surface area (Å²) in [5.74, 6) is -2.59. The van der Waals surface area contributed by atoms with E-state index in [0.717, 1.165) is 30.3 Å². The van der Waals surface area contributed by atoms with Gasteiger partial charge in [-0.3, -0.25) is 9.59 Å². The molecule has 148 valence electrons. The van der Waals surface area contributed by atoms with E-state index in [2.05, 4.69) is 10.1 Å². The number of nitrogens with one attached hydrogen (secondary N) is 1. The van der Waals surface area contributed by atoms with Crippen molar-refractivity contribution in [3.8, 4) is 0 Å². The van der Waals surface area contributed by atoms with Crippen LogP contribution in [0.1, 0.15) is 30.6 Å². The molecule has 0 saturated heterocycles. The molecule has 27 heavy (non-hydrogen) atoms. The van der Waals surface area contributed by atoms with Crippen molar-refractivity contribution in [3.05, 3.63) is 47.5 Å². The first kappa shape index (κ1) is 22.2. The highest BCUT2D eigenvalue weighted by atomic mass is 19.4. The lowest BCUT2D eigenvalue weighted by Gasteiger charge is -2.17. The molecule has 2 atom stereocenters. The maximum atomic E-state index is 12.5. The Morgan fingerprint density at radius 3 is 2.33 bits per heavy atom. The number of carbonyl (C=O) groups is 3. The minimum atomic E-state index is -4.55. The highest BCUT2D eigenvalue weighted by Gasteiger charge is 2.31. The maximum Gasteiger partial charge on any atom is 0.416 e. The molecule has 0 saturated carbocycles. The van der Waals surface area contributed by atoms with E-state index in [1.54, 1.807) is 6.92 Å². The van der Waals surface area contributed by atoms with E-state index >= 15 is 0 Å². The topological polar surface area (TPSA) is 119 Å². The maximum absolute atomic E-state index is 12.5. The third-order valence-corrected chi connectivity index (χ3v) is 3.37. The van der Waals surface area contributed by atoms with Gasteiger partial charge in [-0.2, -0.15) is 13.2 Å². The van der Waals surface area contributed by atoms with Crippen molar-refractivity contribution < 1.29 is 37.4 Å². The average Bonchev–Trinajstić information content (AvgIpc) is 2.59. The third-order valence-electron chi connectivity index (χ3n) is 3.37. The molecule has 1 aromatic carbocycles. The number of esters is 1. The molecular formula is C17H19F3N2O5. The van der Waals surface area contributed by atoms with Crippen LogP contribution >= 0.6 is 0 Å². The lowest BCUT2D eigenvalue weighted by atomic mass is 10.1. The number of hydrogen-bond acceptors (Lipinski definition) is 5. The van der Waals surface area contributed by atoms with Crippen molar-refractivity contribution in [1.29, 1.82) is 0 Å². The van der Waals surface area contributed by atoms with Gasteiger partial charge >= 0.3 is 12.1 Å². The first-order valence-corrected chi connectivity index (χ1v) is 7.84. The molecule has 4 N–H and O–H groups in total. The Morgan fingerprint density at radius 2 is 1.85 bits per heavy atom. The van der Waals surface area contributed by atoms with Gasteiger partial charge in [0.05, 0.1) is 12.2 Å². The molecule has 0 unspecified atom stereocenters. The lowest BCUT2D eigenvalue weighted by Crippen LogP contribution is -2.45. The normalized spacial score (nSPS) is 13.8. The third kappa shape index (κ3) is 7.10. The molecule has 1 rings (SSSR count). The van der Waals surface area contributed by atoms with E-state index in [-0.39, 0.29) is 18.6 Å². The van der Waals surface area contributed by atoms with Crippen molar-refractivity contribution in [2.75, 3.05) is 6.61 Å². The Morgan fingerprint density at radius 1 is 1.26 bits per heavy atom. The molecule has 10 heteroatoms. The number of rotatable bonds is 8. The van der Waals surface area contributed by atoms with Gasteiger partial charge in [0.1, 0.15) is 6.04 Å². The van der Waals surface area contributed by atoms with Gasteiger partial charge in [0.2, 0.25) is 5.91 Å². The Labute approximate surface area is 153 Å². The van der Waals surface area contributed by atoms with Crippen molar-refractivity contribution in [2.45, 2.75) is 31.7 Å². The van der Waals surface area contributed by atoms with Crippen molar-refractivity contribution in [2.24, 2.45) is 5.73 Å². The van der Waals surface area contributed by atoms with Gasteiger partial charge in [-0.05, 0) is 31.0 Å². The van der Waals surface area contributed by atoms with Gasteiger partial charge in [0.25, 0.3) is 5.91 Å². The minimum Gasteiger partial charge on any atom is -0.463 e. The van der Waals surface area contributed by atoms with Crippen LogP contribution in [0.5, 0.6) is 0 Å². The summed E-state index contributed by atoms with van der Waals surface area (Å²) in [6.45, 7) is 1.78. The summed E-state index contributed by atoms with van der Waals surface area (Å²) in [6, 6.07) is 2.12. The summed E-state index contributed by atoms with van der Waals surface area (Å²) in [5.41, 5.74) is 4.13. The molecule has 2 amide bonds. The van der Waals surface area contributed by atoms with Crippen LogP contribution in [-0.2, 0) is 25.3 Å². The quantitative estimate of drug-likeness (QED) is 0.457. The average molecular weight is 388 g/mol. The van der Waals surface area contributed by atoms with Gasteiger partial charge in [0, 0.05) is 6.08 Å². The van der Waals surface area contributed by atoms with E-state index < -0.39 is 41.7 Å². The molecule has 0 bridgehead atoms. The molecule has 0 fully saturated rings. The molecule has 0 heterocycles. The number of primary amides is 1. The second-order valence-electron chi connectivity index (χ2n) is 5.38. The van der Waals surface area contributed by atoms with Crippen LogP contribution < -0.4 is 11.1 Å². The van der Waals surface area contributed by atoms with Crippen molar-refractivity contribution in [1.82, 2.24) is 5.32 Å². The fourth-order valence-electron chi connectivity index (χ4n) is 1.99. The van der Waals surface area contributed by atoms with Crippen LogP contribution in [-0.4, -0.2) is 35.5 Å². The van der Waals surface area contributed by atoms with E-state index in [4.69, 9.17) is 5.73 Å². The molecule has 0 aliphatic heterocycles. The van der Waals surface area contributed by atoms with Crippen LogP contribution in [0.3, 0.4) is 0 Å². The highest BCUT2D eigenvalue weighted by Crippen LogP contribution is 2.29. The number of aliphatic hydroxyl groups excluding tert-OH is 1. The molecule has 7 nitrogen and oxygen atoms in total. The van der Waals surface area contributed by atoms with Gasteiger partial charge < -0.3 is 20.9 Å². The first-order valence-electron chi connectivity index (χ1n) is 7.84. The number of benzene rings is 1. The van der Waals surface area contributed by atoms with Crippen LogP contribution in [0.15, 0.2) is 36.4 Å². The molecular weight excluding hydrogens is 369 g/mol. The molecule has 0 aliphatic carbocycles. The summed E-state index contributed by atoms with van der Waals surface area (Å²) >= 11 is 0. The van der Waals surface area contributed by atoms with Crippen molar-refractivity contribution in [3.63, 3.8) is 0 Å². The summed E-state index contributed by atoms with van der Waals surface area (Å²) in [6.07, 6.45) is -4.17. The lowest BCUT2D eigenvalue weighted by molar-refractivity contribution is -0.138. The highest BCUT2D eigenvalue weighted by molar-refractivity contribution is 5.89. The number of carbonyl (C=O) groups excluding carboxylic acids is 3. The monoisotopic (exact) mass is 388 g/mol. The van der Waals surface area contributed by atoms with Gasteiger partial charge in [0.15, 0.2) is 6.10 Å². The zero-order valence-electron chi connectivity index (χ0n) is 14.3. The summed E-state index contributed by atoms with van der Waals surface area (Å²) < 4.78 is 42.2. The Hall–Kier alpha value is -2.88. The fraction of sp³-hybridized carbons (Fsp3) is 0.353. The van der Waals surface area contributed by atoms with Crippen LogP contribution in [0.2, 0.25) is 0 Å². The first-order chi connectivity index (χ1) is 12.6. The molecule has 0 spiro atoms. The number of ether oxygens (including phenoxy) is 1. The van der Waals surface area contributed by atoms with Gasteiger partial charge in [-0.1, -0.05) is 18.2 Å². The van der Waals surface area contributed by atoms with E-state index in [9.17, 15) is 32.7 Å². The molecule has 1 aromatic rings. The SMILES string of the molecule is CCOC(=O)/C=C/C[C@@H](NC(=O)[C@H](O)c1ccc(C(F)(F)F)cc1)C(N)=O. The van der Waals surface area contributed by atoms with Gasteiger partial charge in [-0.25, -0.2) is 4.79 Å². The fourth-order valence-corrected chi connectivity index (χ4v) is 1.99. The second-order valence-corrected chi connectivity index (χ2v) is 5.38. The van der Waals surface area contributed by atoms with Crippen LogP contribution in [0.4, 0.5) is 13.2 Å². The zero-order valence-corrected chi connectivity index (χ0v) is 14.3. The van der Waals surface area contributed by atoms with E-state index in [1.165, 1.54) is 6.08 Å². The smallest absolute Gasteiger partial charge is 0.416 e. The van der Waals surface area contributed by atoms with Crippen LogP contribution in [0.25, 0.3) is 0 Å². The predicted molar refractivity (Wildman–Crippen MR) is 87.9 cm³/mol. The van der Waals surface area contributed by atoms with E-state index in [0.29, 0.717) is 0 Å². The standard InChI is InChI=1S/C17H19F3N2O5/c1-2-27-13(23)5-3-4-12(15(21)25)22-16(26)14(24)10-6-8-11(9-7-10)17(18,19)20/h3,5-9,12,14,24H,2,4H2,1H3,(H2,21,25)(H,22,26)/b5-3+/t12-,14-/m1/s1. The predicted octanol–water partition coefficient (Wildman–Crippen LogP) is 1.22. The largest absolute Gasteiger partial charge is 0.463 e. The van der Waals surface area contributed by atoms with Crippen LogP contribution in [0, 0.1) is 0 Å². The molecule has 0 radical (unpaired) electrons. The van der Waals surface area contributed by atoms with Crippen molar-refractivity contribution >= 4 is 17.8 Å². The summed E-state index contributed by atoms with van der Waals surface area (Å²) in [4.78, 5) is 34.6. The Balaban J connectivity index is 2.75. The number of halogens is 3. The minimum absolute atomic E-state index is 0.0919. The summed E-state index contributed by atoms with van der Waals surface area (Å²) in [7, 11) is 0. The zero-order chi connectivity index (χ0) is 20.6. The number of nitrogens with two attached hydrogens (primary N) is 1. The van der Waals surface area contributed by atoms with E-state index in [1.807, 2.05) is 0 Å². The Bertz CT molecular complexity index is 702. The molecule has 0 aromatic heterocycles. The second kappa shape index (κ2) is 9.72. The number of amides is 2.